The topological polar surface area (TPSA) is 88.1 Å². The van der Waals surface area contributed by atoms with Gasteiger partial charge in [-0.1, -0.05) is 36.4 Å². The van der Waals surface area contributed by atoms with Crippen LogP contribution in [0.4, 0.5) is 0 Å². The third-order valence-electron chi connectivity index (χ3n) is 3.48. The van der Waals surface area contributed by atoms with Crippen molar-refractivity contribution >= 4 is 39.7 Å². The van der Waals surface area contributed by atoms with Crippen molar-refractivity contribution in [1.29, 1.82) is 0 Å². The molecule has 0 unspecified atom stereocenters. The highest BCUT2D eigenvalue weighted by atomic mass is 79.9. The van der Waals surface area contributed by atoms with Gasteiger partial charge < -0.3 is 9.84 Å². The molecule has 6 nitrogen and oxygen atoms in total. The molecule has 27 heavy (non-hydrogen) atoms. The SMILES string of the molecule is Cc1nc(SC(=Cc2ccc(OCc3ccccc3)c(Br)c2)C(=O)O)n[nH]1. The Labute approximate surface area is 168 Å². The molecule has 0 saturated carbocycles. The lowest BCUT2D eigenvalue weighted by Gasteiger charge is -2.09. The van der Waals surface area contributed by atoms with E-state index in [2.05, 4.69) is 31.1 Å². The van der Waals surface area contributed by atoms with Gasteiger partial charge in [-0.2, -0.15) is 0 Å². The number of aromatic nitrogens is 3. The van der Waals surface area contributed by atoms with Crippen LogP contribution >= 0.6 is 27.7 Å². The summed E-state index contributed by atoms with van der Waals surface area (Å²) in [5.74, 6) is 0.276. The number of aromatic amines is 1. The fourth-order valence-corrected chi connectivity index (χ4v) is 3.48. The molecule has 8 heteroatoms. The highest BCUT2D eigenvalue weighted by molar-refractivity contribution is 9.10. The van der Waals surface area contributed by atoms with Gasteiger partial charge in [-0.25, -0.2) is 9.78 Å². The smallest absolute Gasteiger partial charge is 0.342 e. The second kappa shape index (κ2) is 8.88. The van der Waals surface area contributed by atoms with Crippen LogP contribution in [-0.2, 0) is 11.4 Å². The zero-order valence-electron chi connectivity index (χ0n) is 14.3. The largest absolute Gasteiger partial charge is 0.488 e. The van der Waals surface area contributed by atoms with Gasteiger partial charge in [0.05, 0.1) is 4.47 Å². The maximum Gasteiger partial charge on any atom is 0.342 e. The highest BCUT2D eigenvalue weighted by Gasteiger charge is 2.13. The van der Waals surface area contributed by atoms with Gasteiger partial charge in [0.15, 0.2) is 0 Å². The molecular formula is C19H16BrN3O3S. The molecule has 0 spiro atoms. The van der Waals surface area contributed by atoms with Crippen molar-refractivity contribution < 1.29 is 14.6 Å². The molecule has 0 fully saturated rings. The van der Waals surface area contributed by atoms with Gasteiger partial charge in [-0.05, 0) is 64.0 Å². The number of nitrogens with one attached hydrogen (secondary N) is 1. The van der Waals surface area contributed by atoms with Crippen molar-refractivity contribution in [2.24, 2.45) is 0 Å². The molecule has 0 saturated heterocycles. The van der Waals surface area contributed by atoms with E-state index in [0.29, 0.717) is 23.3 Å². The Hall–Kier alpha value is -2.58. The van der Waals surface area contributed by atoms with Crippen molar-refractivity contribution in [3.05, 3.63) is 74.9 Å². The summed E-state index contributed by atoms with van der Waals surface area (Å²) < 4.78 is 6.56. The van der Waals surface area contributed by atoms with Crippen molar-refractivity contribution in [1.82, 2.24) is 15.2 Å². The zero-order valence-corrected chi connectivity index (χ0v) is 16.8. The highest BCUT2D eigenvalue weighted by Crippen LogP contribution is 2.30. The Morgan fingerprint density at radius 2 is 2.07 bits per heavy atom. The number of carboxylic acids is 1. The summed E-state index contributed by atoms with van der Waals surface area (Å²) in [6, 6.07) is 15.3. The molecule has 1 heterocycles. The van der Waals surface area contributed by atoms with E-state index in [9.17, 15) is 9.90 Å². The Morgan fingerprint density at radius 3 is 2.70 bits per heavy atom. The maximum atomic E-state index is 11.5. The Morgan fingerprint density at radius 1 is 1.30 bits per heavy atom. The van der Waals surface area contributed by atoms with Gasteiger partial charge in [0.25, 0.3) is 0 Å². The number of thioether (sulfide) groups is 1. The molecule has 0 aliphatic rings. The van der Waals surface area contributed by atoms with Crippen LogP contribution in [0, 0.1) is 6.92 Å². The number of carbonyl (C=O) groups is 1. The van der Waals surface area contributed by atoms with Crippen molar-refractivity contribution in [2.75, 3.05) is 0 Å². The van der Waals surface area contributed by atoms with Crippen LogP contribution in [0.3, 0.4) is 0 Å². The summed E-state index contributed by atoms with van der Waals surface area (Å²) >= 11 is 4.47. The standard InChI is InChI=1S/C19H16BrN3O3S/c1-12-21-19(23-22-12)27-17(18(24)25)10-14-7-8-16(15(20)9-14)26-11-13-5-3-2-4-6-13/h2-10H,11H2,1H3,(H,24,25)(H,21,22,23). The second-order valence-electron chi connectivity index (χ2n) is 5.58. The number of aryl methyl sites for hydroxylation is 1. The molecule has 0 atom stereocenters. The van der Waals surface area contributed by atoms with E-state index < -0.39 is 5.97 Å². The summed E-state index contributed by atoms with van der Waals surface area (Å²) in [7, 11) is 0. The normalized spacial score (nSPS) is 11.4. The zero-order chi connectivity index (χ0) is 19.2. The van der Waals surface area contributed by atoms with Crippen LogP contribution in [-0.4, -0.2) is 26.3 Å². The average molecular weight is 446 g/mol. The van der Waals surface area contributed by atoms with Crippen LogP contribution in [0.1, 0.15) is 17.0 Å². The summed E-state index contributed by atoms with van der Waals surface area (Å²) in [5.41, 5.74) is 1.80. The van der Waals surface area contributed by atoms with Gasteiger partial charge in [0.2, 0.25) is 5.16 Å². The first kappa shape index (κ1) is 19.2. The lowest BCUT2D eigenvalue weighted by Crippen LogP contribution is -1.98. The monoisotopic (exact) mass is 445 g/mol. The molecule has 0 amide bonds. The van der Waals surface area contributed by atoms with Gasteiger partial charge in [0, 0.05) is 0 Å². The molecule has 0 radical (unpaired) electrons. The number of hydrogen-bond acceptors (Lipinski definition) is 5. The van der Waals surface area contributed by atoms with E-state index in [4.69, 9.17) is 4.74 Å². The molecular weight excluding hydrogens is 430 g/mol. The minimum atomic E-state index is -1.04. The van der Waals surface area contributed by atoms with Crippen LogP contribution < -0.4 is 4.74 Å². The Bertz CT molecular complexity index is 973. The van der Waals surface area contributed by atoms with E-state index in [0.717, 1.165) is 27.4 Å². The summed E-state index contributed by atoms with van der Waals surface area (Å²) in [5, 5.41) is 16.5. The molecule has 0 aliphatic heterocycles. The predicted octanol–water partition coefficient (Wildman–Crippen LogP) is 4.67. The van der Waals surface area contributed by atoms with Gasteiger partial charge >= 0.3 is 5.97 Å². The van der Waals surface area contributed by atoms with Crippen molar-refractivity contribution in [2.45, 2.75) is 18.7 Å². The molecule has 3 aromatic rings. The van der Waals surface area contributed by atoms with E-state index in [-0.39, 0.29) is 4.91 Å². The van der Waals surface area contributed by atoms with Crippen molar-refractivity contribution in [3.63, 3.8) is 0 Å². The molecule has 3 rings (SSSR count). The van der Waals surface area contributed by atoms with E-state index in [1.807, 2.05) is 36.4 Å². The molecule has 0 bridgehead atoms. The van der Waals surface area contributed by atoms with E-state index in [1.54, 1.807) is 25.1 Å². The Balaban J connectivity index is 1.74. The summed E-state index contributed by atoms with van der Waals surface area (Å²) in [6.07, 6.45) is 1.57. The first-order valence-corrected chi connectivity index (χ1v) is 9.60. The third kappa shape index (κ3) is 5.45. The molecule has 2 N–H and O–H groups in total. The molecule has 2 aromatic carbocycles. The predicted molar refractivity (Wildman–Crippen MR) is 108 cm³/mol. The molecule has 0 aliphatic carbocycles. The van der Waals surface area contributed by atoms with Crippen LogP contribution in [0.15, 0.2) is 63.1 Å². The molecule has 1 aromatic heterocycles. The number of ether oxygens (including phenoxy) is 1. The van der Waals surface area contributed by atoms with Gasteiger partial charge in [-0.3, -0.25) is 5.10 Å². The number of H-pyrrole nitrogens is 1. The lowest BCUT2D eigenvalue weighted by atomic mass is 10.2. The van der Waals surface area contributed by atoms with Crippen LogP contribution in [0.25, 0.3) is 6.08 Å². The first-order valence-electron chi connectivity index (χ1n) is 7.99. The number of aliphatic carboxylic acids is 1. The lowest BCUT2D eigenvalue weighted by molar-refractivity contribution is -0.131. The van der Waals surface area contributed by atoms with Crippen LogP contribution in [0.5, 0.6) is 5.75 Å². The number of benzene rings is 2. The average Bonchev–Trinajstić information content (AvgIpc) is 3.06. The van der Waals surface area contributed by atoms with Gasteiger partial charge in [0.1, 0.15) is 23.1 Å². The number of halogens is 1. The van der Waals surface area contributed by atoms with Crippen LogP contribution in [0.2, 0.25) is 0 Å². The van der Waals surface area contributed by atoms with E-state index >= 15 is 0 Å². The van der Waals surface area contributed by atoms with Gasteiger partial charge in [-0.15, -0.1) is 5.10 Å². The minimum Gasteiger partial charge on any atom is -0.488 e. The minimum absolute atomic E-state index is 0.124. The summed E-state index contributed by atoms with van der Waals surface area (Å²) in [4.78, 5) is 15.8. The quantitative estimate of drug-likeness (QED) is 0.405. The third-order valence-corrected chi connectivity index (χ3v) is 4.98. The number of carboxylic acid groups (broad SMARTS) is 1. The fraction of sp³-hybridized carbons (Fsp3) is 0.105. The maximum absolute atomic E-state index is 11.5. The second-order valence-corrected chi connectivity index (χ2v) is 7.45. The summed E-state index contributed by atoms with van der Waals surface area (Å²) in [6.45, 7) is 2.21. The number of rotatable bonds is 7. The number of hydrogen-bond donors (Lipinski definition) is 2. The Kier molecular flexibility index (Phi) is 6.31. The fourth-order valence-electron chi connectivity index (χ4n) is 2.21. The first-order chi connectivity index (χ1) is 13.0. The van der Waals surface area contributed by atoms with Crippen molar-refractivity contribution in [3.8, 4) is 5.75 Å². The molecule has 138 valence electrons. The number of nitrogens with zero attached hydrogens (tertiary/aromatic N) is 2. The van der Waals surface area contributed by atoms with E-state index in [1.165, 1.54) is 0 Å².